The van der Waals surface area contributed by atoms with Crippen molar-refractivity contribution in [1.29, 1.82) is 0 Å². The monoisotopic (exact) mass is 418 g/mol. The Labute approximate surface area is 176 Å². The maximum absolute atomic E-state index is 13.2. The number of hydrogen-bond acceptors (Lipinski definition) is 4. The summed E-state index contributed by atoms with van der Waals surface area (Å²) in [7, 11) is -0.974. The summed E-state index contributed by atoms with van der Waals surface area (Å²) < 4.78 is 18.7. The maximum Gasteiger partial charge on any atom is 0.312 e. The highest BCUT2D eigenvalue weighted by atomic mass is 32.2. The summed E-state index contributed by atoms with van der Waals surface area (Å²) in [6.07, 6.45) is 8.01. The second-order valence-corrected chi connectivity index (χ2v) is 12.5. The van der Waals surface area contributed by atoms with Gasteiger partial charge in [-0.1, -0.05) is 26.3 Å². The van der Waals surface area contributed by atoms with Crippen LogP contribution < -0.4 is 0 Å². The first-order valence-electron chi connectivity index (χ1n) is 11.6. The van der Waals surface area contributed by atoms with E-state index in [1.165, 1.54) is 5.57 Å². The Morgan fingerprint density at radius 1 is 1.03 bits per heavy atom. The highest BCUT2D eigenvalue weighted by Crippen LogP contribution is 2.71. The van der Waals surface area contributed by atoms with Gasteiger partial charge in [0.2, 0.25) is 0 Å². The van der Waals surface area contributed by atoms with E-state index in [0.717, 1.165) is 49.9 Å². The number of esters is 1. The molecule has 7 atom stereocenters. The van der Waals surface area contributed by atoms with Crippen molar-refractivity contribution in [2.24, 2.45) is 34.0 Å². The first-order valence-corrected chi connectivity index (χ1v) is 12.9. The van der Waals surface area contributed by atoms with E-state index in [0.29, 0.717) is 48.7 Å². The van der Waals surface area contributed by atoms with Gasteiger partial charge in [-0.25, -0.2) is 0 Å². The first-order chi connectivity index (χ1) is 13.8. The molecule has 1 heterocycles. The Morgan fingerprint density at radius 2 is 1.79 bits per heavy atom. The van der Waals surface area contributed by atoms with Gasteiger partial charge in [-0.15, -0.1) is 0 Å². The van der Waals surface area contributed by atoms with Crippen molar-refractivity contribution in [3.05, 3.63) is 10.5 Å². The highest BCUT2D eigenvalue weighted by Gasteiger charge is 2.68. The van der Waals surface area contributed by atoms with Crippen LogP contribution in [0.3, 0.4) is 0 Å². The SMILES string of the molecule is CCS(=O)C1=C2C(CCC3(C)C2CC[C@@]32CCOC2=O)C2(C)CCC(=O)CC2C1. The van der Waals surface area contributed by atoms with E-state index in [-0.39, 0.29) is 22.2 Å². The van der Waals surface area contributed by atoms with Crippen molar-refractivity contribution in [3.63, 3.8) is 0 Å². The molecule has 3 saturated carbocycles. The quantitative estimate of drug-likeness (QED) is 0.617. The van der Waals surface area contributed by atoms with Gasteiger partial charge < -0.3 is 4.74 Å². The third kappa shape index (κ3) is 2.46. The lowest BCUT2D eigenvalue weighted by Crippen LogP contribution is -2.53. The van der Waals surface area contributed by atoms with Crippen LogP contribution in [0.25, 0.3) is 0 Å². The van der Waals surface area contributed by atoms with Gasteiger partial charge in [-0.3, -0.25) is 13.8 Å². The summed E-state index contributed by atoms with van der Waals surface area (Å²) in [5.41, 5.74) is 1.17. The molecule has 160 valence electrons. The van der Waals surface area contributed by atoms with E-state index in [1.54, 1.807) is 0 Å². The molecule has 1 spiro atoms. The van der Waals surface area contributed by atoms with Crippen LogP contribution in [-0.2, 0) is 25.1 Å². The molecule has 0 bridgehead atoms. The standard InChI is InChI=1S/C24H34O4S/c1-4-29(27)19-14-15-13-16(25)5-8-22(15,2)17-6-9-23(3)18(20(17)19)7-10-24(23)11-12-28-21(24)26/h15,17-18H,4-14H2,1-3H3/t15?,17?,18?,22?,23?,24-,29?/m0/s1. The van der Waals surface area contributed by atoms with Gasteiger partial charge in [0.25, 0.3) is 0 Å². The largest absolute Gasteiger partial charge is 0.465 e. The molecule has 0 N–H and O–H groups in total. The molecular formula is C24H34O4S. The minimum absolute atomic E-state index is 0.0166. The van der Waals surface area contributed by atoms with Crippen LogP contribution in [0.5, 0.6) is 0 Å². The molecule has 4 fully saturated rings. The fraction of sp³-hybridized carbons (Fsp3) is 0.833. The number of carbonyl (C=O) groups is 2. The number of carbonyl (C=O) groups excluding carboxylic acids is 2. The molecule has 6 unspecified atom stereocenters. The third-order valence-electron chi connectivity index (χ3n) is 10.0. The van der Waals surface area contributed by atoms with E-state index in [1.807, 2.05) is 6.92 Å². The van der Waals surface area contributed by atoms with Gasteiger partial charge in [0, 0.05) is 34.3 Å². The number of fused-ring (bicyclic) bond motifs is 6. The van der Waals surface area contributed by atoms with Crippen LogP contribution in [-0.4, -0.2) is 28.3 Å². The van der Waals surface area contributed by atoms with Crippen molar-refractivity contribution in [3.8, 4) is 0 Å². The summed E-state index contributed by atoms with van der Waals surface area (Å²) in [6.45, 7) is 7.29. The smallest absolute Gasteiger partial charge is 0.312 e. The summed E-state index contributed by atoms with van der Waals surface area (Å²) in [5, 5.41) is 0. The molecule has 1 aliphatic heterocycles. The van der Waals surface area contributed by atoms with Gasteiger partial charge in [0.1, 0.15) is 5.78 Å². The average molecular weight is 419 g/mol. The van der Waals surface area contributed by atoms with Gasteiger partial charge in [-0.05, 0) is 73.5 Å². The molecule has 4 nitrogen and oxygen atoms in total. The molecular weight excluding hydrogens is 384 g/mol. The van der Waals surface area contributed by atoms with Crippen molar-refractivity contribution < 1.29 is 18.5 Å². The van der Waals surface area contributed by atoms with Gasteiger partial charge >= 0.3 is 5.97 Å². The Morgan fingerprint density at radius 3 is 2.48 bits per heavy atom. The predicted molar refractivity (Wildman–Crippen MR) is 112 cm³/mol. The van der Waals surface area contributed by atoms with E-state index in [9.17, 15) is 13.8 Å². The first kappa shape index (κ1) is 20.0. The number of hydrogen-bond donors (Lipinski definition) is 0. The number of ketones is 1. The predicted octanol–water partition coefficient (Wildman–Crippen LogP) is 4.55. The summed E-state index contributed by atoms with van der Waals surface area (Å²) in [4.78, 5) is 26.3. The maximum atomic E-state index is 13.2. The molecule has 5 heteroatoms. The summed E-state index contributed by atoms with van der Waals surface area (Å²) in [6, 6.07) is 0. The van der Waals surface area contributed by atoms with Crippen molar-refractivity contribution in [1.82, 2.24) is 0 Å². The number of allylic oxidation sites excluding steroid dienone is 2. The normalized spacial score (nSPS) is 47.6. The summed E-state index contributed by atoms with van der Waals surface area (Å²) in [5.74, 6) is 2.13. The Balaban J connectivity index is 1.64. The zero-order chi connectivity index (χ0) is 20.6. The zero-order valence-electron chi connectivity index (χ0n) is 18.1. The van der Waals surface area contributed by atoms with Crippen LogP contribution >= 0.6 is 0 Å². The van der Waals surface area contributed by atoms with Crippen LogP contribution in [0, 0.1) is 34.0 Å². The zero-order valence-corrected chi connectivity index (χ0v) is 18.9. The second-order valence-electron chi connectivity index (χ2n) is 10.7. The molecule has 0 radical (unpaired) electrons. The van der Waals surface area contributed by atoms with Crippen molar-refractivity contribution >= 4 is 22.6 Å². The minimum atomic E-state index is -0.974. The van der Waals surface area contributed by atoms with E-state index in [4.69, 9.17) is 4.74 Å². The van der Waals surface area contributed by atoms with E-state index < -0.39 is 10.8 Å². The Hall–Kier alpha value is -0.970. The van der Waals surface area contributed by atoms with Crippen LogP contribution in [0.1, 0.15) is 78.6 Å². The fourth-order valence-corrected chi connectivity index (χ4v) is 9.47. The van der Waals surface area contributed by atoms with E-state index in [2.05, 4.69) is 13.8 Å². The Kier molecular flexibility index (Phi) is 4.48. The molecule has 0 aromatic heterocycles. The highest BCUT2D eigenvalue weighted by molar-refractivity contribution is 7.88. The number of Topliss-reactive ketones (excluding diaryl/α,β-unsaturated/α-hetero) is 1. The lowest BCUT2D eigenvalue weighted by atomic mass is 9.46. The molecule has 29 heavy (non-hydrogen) atoms. The molecule has 4 aliphatic carbocycles. The Bertz CT molecular complexity index is 831. The topological polar surface area (TPSA) is 60.4 Å². The average Bonchev–Trinajstić information content (AvgIpc) is 3.22. The van der Waals surface area contributed by atoms with Crippen molar-refractivity contribution in [2.45, 2.75) is 78.6 Å². The molecule has 0 aromatic carbocycles. The molecule has 0 aromatic rings. The number of cyclic esters (lactones) is 1. The van der Waals surface area contributed by atoms with Gasteiger partial charge in [0.15, 0.2) is 0 Å². The molecule has 0 amide bonds. The number of ether oxygens (including phenoxy) is 1. The number of rotatable bonds is 2. The van der Waals surface area contributed by atoms with Crippen LogP contribution in [0.4, 0.5) is 0 Å². The minimum Gasteiger partial charge on any atom is -0.465 e. The van der Waals surface area contributed by atoms with Crippen LogP contribution in [0.2, 0.25) is 0 Å². The molecule has 5 aliphatic rings. The fourth-order valence-electron chi connectivity index (χ4n) is 8.19. The van der Waals surface area contributed by atoms with Gasteiger partial charge in [0.05, 0.1) is 12.0 Å². The second kappa shape index (κ2) is 6.51. The lowest BCUT2D eigenvalue weighted by Gasteiger charge is -2.58. The summed E-state index contributed by atoms with van der Waals surface area (Å²) >= 11 is 0. The lowest BCUT2D eigenvalue weighted by molar-refractivity contribution is -0.153. The van der Waals surface area contributed by atoms with Crippen molar-refractivity contribution in [2.75, 3.05) is 12.4 Å². The van der Waals surface area contributed by atoms with E-state index >= 15 is 0 Å². The molecule has 1 saturated heterocycles. The third-order valence-corrected chi connectivity index (χ3v) is 11.5. The molecule has 5 rings (SSSR count). The van der Waals surface area contributed by atoms with Crippen LogP contribution in [0.15, 0.2) is 10.5 Å². The van der Waals surface area contributed by atoms with Gasteiger partial charge in [-0.2, -0.15) is 0 Å².